The number of nitrogens with one attached hydrogen (secondary N) is 1. The summed E-state index contributed by atoms with van der Waals surface area (Å²) in [6, 6.07) is 5.92. The van der Waals surface area contributed by atoms with Crippen LogP contribution < -0.4 is 10.1 Å². The lowest BCUT2D eigenvalue weighted by molar-refractivity contribution is -0.384. The molecule has 202 valence electrons. The molecule has 1 rings (SSSR count). The molecular weight excluding hydrogens is 464 g/mol. The predicted molar refractivity (Wildman–Crippen MR) is 128 cm³/mol. The molecular formula is C23H40N2O10. The van der Waals surface area contributed by atoms with Gasteiger partial charge in [-0.1, -0.05) is 0 Å². The first kappa shape index (κ1) is 31.1. The van der Waals surface area contributed by atoms with Crippen molar-refractivity contribution in [2.45, 2.75) is 0 Å². The van der Waals surface area contributed by atoms with Crippen LogP contribution in [0.25, 0.3) is 0 Å². The smallest absolute Gasteiger partial charge is 0.269 e. The molecule has 35 heavy (non-hydrogen) atoms. The fourth-order valence-corrected chi connectivity index (χ4v) is 2.48. The van der Waals surface area contributed by atoms with Crippen LogP contribution in [0, 0.1) is 10.1 Å². The van der Waals surface area contributed by atoms with E-state index >= 15 is 0 Å². The third-order valence-electron chi connectivity index (χ3n) is 4.27. The molecule has 0 fully saturated rings. The Kier molecular flexibility index (Phi) is 21.2. The van der Waals surface area contributed by atoms with Crippen molar-refractivity contribution in [3.8, 4) is 5.75 Å². The predicted octanol–water partition coefficient (Wildman–Crippen LogP) is 1.31. The number of hydrogen-bond acceptors (Lipinski definition) is 11. The van der Waals surface area contributed by atoms with E-state index in [0.717, 1.165) is 6.54 Å². The first-order chi connectivity index (χ1) is 17.2. The minimum Gasteiger partial charge on any atom is -0.491 e. The summed E-state index contributed by atoms with van der Waals surface area (Å²) < 4.78 is 43.3. The van der Waals surface area contributed by atoms with Crippen molar-refractivity contribution in [3.05, 3.63) is 34.4 Å². The van der Waals surface area contributed by atoms with Crippen molar-refractivity contribution in [2.24, 2.45) is 0 Å². The standard InChI is InChI=1S/C23H40N2O10/c1-24-6-7-28-8-9-29-10-11-30-12-13-31-14-15-32-16-17-33-18-19-34-20-21-35-23-4-2-22(3-5-23)25(26)27/h2-5,24H,6-21H2,1H3. The molecule has 1 aromatic rings. The van der Waals surface area contributed by atoms with Crippen molar-refractivity contribution in [1.82, 2.24) is 5.32 Å². The number of nitro groups is 1. The number of nitrogens with zero attached hydrogens (tertiary/aromatic N) is 1. The summed E-state index contributed by atoms with van der Waals surface area (Å²) in [6.07, 6.45) is 0. The molecule has 12 nitrogen and oxygen atoms in total. The molecule has 0 heterocycles. The van der Waals surface area contributed by atoms with Crippen molar-refractivity contribution in [3.63, 3.8) is 0 Å². The van der Waals surface area contributed by atoms with Crippen LogP contribution in [0.5, 0.6) is 5.75 Å². The van der Waals surface area contributed by atoms with Gasteiger partial charge in [0.2, 0.25) is 0 Å². The minimum atomic E-state index is -0.450. The SMILES string of the molecule is CNCCOCCOCCOCCOCCOCCOCCOCCOc1ccc([N+](=O)[O-])cc1. The Morgan fingerprint density at radius 3 is 1.29 bits per heavy atom. The largest absolute Gasteiger partial charge is 0.491 e. The van der Waals surface area contributed by atoms with E-state index in [0.29, 0.717) is 105 Å². The van der Waals surface area contributed by atoms with Gasteiger partial charge in [0.1, 0.15) is 12.4 Å². The monoisotopic (exact) mass is 504 g/mol. The van der Waals surface area contributed by atoms with E-state index in [1.807, 2.05) is 7.05 Å². The number of hydrogen-bond donors (Lipinski definition) is 1. The zero-order valence-electron chi connectivity index (χ0n) is 20.7. The molecule has 12 heteroatoms. The summed E-state index contributed by atoms with van der Waals surface area (Å²) >= 11 is 0. The molecule has 0 amide bonds. The van der Waals surface area contributed by atoms with Crippen LogP contribution in [0.4, 0.5) is 5.69 Å². The van der Waals surface area contributed by atoms with Crippen molar-refractivity contribution >= 4 is 5.69 Å². The van der Waals surface area contributed by atoms with E-state index in [-0.39, 0.29) is 5.69 Å². The van der Waals surface area contributed by atoms with Gasteiger partial charge in [-0.2, -0.15) is 0 Å². The summed E-state index contributed by atoms with van der Waals surface area (Å²) in [7, 11) is 1.89. The van der Waals surface area contributed by atoms with Gasteiger partial charge in [0, 0.05) is 18.7 Å². The number of likely N-dealkylation sites (N-methyl/N-ethyl adjacent to an activating group) is 1. The fraction of sp³-hybridized carbons (Fsp3) is 0.739. The third kappa shape index (κ3) is 20.0. The van der Waals surface area contributed by atoms with Gasteiger partial charge in [-0.15, -0.1) is 0 Å². The van der Waals surface area contributed by atoms with Crippen molar-refractivity contribution in [2.75, 3.05) is 113 Å². The van der Waals surface area contributed by atoms with Crippen molar-refractivity contribution in [1.29, 1.82) is 0 Å². The maximum Gasteiger partial charge on any atom is 0.269 e. The molecule has 0 radical (unpaired) electrons. The van der Waals surface area contributed by atoms with E-state index in [9.17, 15) is 10.1 Å². The van der Waals surface area contributed by atoms with Crippen LogP contribution in [0.1, 0.15) is 0 Å². The summed E-state index contributed by atoms with van der Waals surface area (Å²) in [5.41, 5.74) is 0.0304. The van der Waals surface area contributed by atoms with Gasteiger partial charge in [0.05, 0.1) is 97.4 Å². The van der Waals surface area contributed by atoms with Gasteiger partial charge in [-0.3, -0.25) is 10.1 Å². The number of ether oxygens (including phenoxy) is 8. The van der Waals surface area contributed by atoms with Crippen LogP contribution in [-0.2, 0) is 33.2 Å². The quantitative estimate of drug-likeness (QED) is 0.111. The molecule has 0 unspecified atom stereocenters. The zero-order chi connectivity index (χ0) is 25.2. The first-order valence-corrected chi connectivity index (χ1v) is 11.8. The van der Waals surface area contributed by atoms with Gasteiger partial charge >= 0.3 is 0 Å². The summed E-state index contributed by atoms with van der Waals surface area (Å²) in [6.45, 7) is 8.41. The number of nitro benzene ring substituents is 1. The van der Waals surface area contributed by atoms with Gasteiger partial charge in [0.15, 0.2) is 0 Å². The van der Waals surface area contributed by atoms with E-state index in [2.05, 4.69) is 5.32 Å². The number of non-ortho nitro benzene ring substituents is 1. The second kappa shape index (κ2) is 23.8. The minimum absolute atomic E-state index is 0.0304. The molecule has 0 aliphatic rings. The molecule has 0 aliphatic heterocycles. The highest BCUT2D eigenvalue weighted by atomic mass is 16.6. The van der Waals surface area contributed by atoms with Gasteiger partial charge in [-0.25, -0.2) is 0 Å². The van der Waals surface area contributed by atoms with Crippen LogP contribution in [0.15, 0.2) is 24.3 Å². The molecule has 0 aliphatic carbocycles. The maximum absolute atomic E-state index is 10.6. The van der Waals surface area contributed by atoms with Gasteiger partial charge in [0.25, 0.3) is 5.69 Å². The van der Waals surface area contributed by atoms with E-state index in [1.54, 1.807) is 12.1 Å². The van der Waals surface area contributed by atoms with E-state index in [1.165, 1.54) is 12.1 Å². The summed E-state index contributed by atoms with van der Waals surface area (Å²) in [5, 5.41) is 13.6. The Bertz CT molecular complexity index is 606. The Labute approximate surface area is 207 Å². The molecule has 0 bridgehead atoms. The average Bonchev–Trinajstić information content (AvgIpc) is 2.87. The zero-order valence-corrected chi connectivity index (χ0v) is 20.7. The van der Waals surface area contributed by atoms with Crippen LogP contribution in [0.2, 0.25) is 0 Å². The Morgan fingerprint density at radius 1 is 0.600 bits per heavy atom. The lowest BCUT2D eigenvalue weighted by Crippen LogP contribution is -2.17. The molecule has 0 aromatic heterocycles. The van der Waals surface area contributed by atoms with E-state index in [4.69, 9.17) is 37.9 Å². The second-order valence-corrected chi connectivity index (χ2v) is 6.99. The molecule has 1 N–H and O–H groups in total. The lowest BCUT2D eigenvalue weighted by Gasteiger charge is -2.09. The molecule has 0 spiro atoms. The topological polar surface area (TPSA) is 129 Å². The number of benzene rings is 1. The number of rotatable bonds is 26. The Hall–Kier alpha value is -1.90. The van der Waals surface area contributed by atoms with E-state index < -0.39 is 4.92 Å². The molecule has 0 saturated heterocycles. The highest BCUT2D eigenvalue weighted by Crippen LogP contribution is 2.16. The normalized spacial score (nSPS) is 11.1. The van der Waals surface area contributed by atoms with Crippen LogP contribution >= 0.6 is 0 Å². The summed E-state index contributed by atoms with van der Waals surface area (Å²) in [5.74, 6) is 0.562. The maximum atomic E-state index is 10.6. The van der Waals surface area contributed by atoms with Crippen molar-refractivity contribution < 1.29 is 42.8 Å². The average molecular weight is 505 g/mol. The van der Waals surface area contributed by atoms with Crippen LogP contribution in [-0.4, -0.2) is 118 Å². The molecule has 0 saturated carbocycles. The lowest BCUT2D eigenvalue weighted by atomic mass is 10.3. The van der Waals surface area contributed by atoms with Gasteiger partial charge < -0.3 is 43.2 Å². The second-order valence-electron chi connectivity index (χ2n) is 6.99. The Morgan fingerprint density at radius 2 is 0.943 bits per heavy atom. The highest BCUT2D eigenvalue weighted by Gasteiger charge is 2.04. The van der Waals surface area contributed by atoms with Crippen LogP contribution in [0.3, 0.4) is 0 Å². The molecule has 0 atom stereocenters. The molecule has 1 aromatic carbocycles. The fourth-order valence-electron chi connectivity index (χ4n) is 2.48. The Balaban J connectivity index is 1.71. The summed E-state index contributed by atoms with van der Waals surface area (Å²) in [4.78, 5) is 10.1. The highest BCUT2D eigenvalue weighted by molar-refractivity contribution is 5.35. The first-order valence-electron chi connectivity index (χ1n) is 11.8. The third-order valence-corrected chi connectivity index (χ3v) is 4.27. The van der Waals surface area contributed by atoms with Gasteiger partial charge in [-0.05, 0) is 19.2 Å².